The van der Waals surface area contributed by atoms with Crippen molar-refractivity contribution in [2.75, 3.05) is 20.8 Å². The Kier molecular flexibility index (Phi) is 6.95. The number of esters is 1. The maximum atomic E-state index is 12.4. The molecule has 0 radical (unpaired) electrons. The highest BCUT2D eigenvalue weighted by Crippen LogP contribution is 2.32. The van der Waals surface area contributed by atoms with Crippen molar-refractivity contribution in [1.29, 1.82) is 0 Å². The third kappa shape index (κ3) is 5.61. The minimum absolute atomic E-state index is 0.224. The Morgan fingerprint density at radius 2 is 1.97 bits per heavy atom. The van der Waals surface area contributed by atoms with Gasteiger partial charge in [0, 0.05) is 10.0 Å². The minimum atomic E-state index is -0.492. The number of amidine groups is 1. The quantitative estimate of drug-likeness (QED) is 0.502. The third-order valence-electron chi connectivity index (χ3n) is 3.79. The Morgan fingerprint density at radius 1 is 1.21 bits per heavy atom. The van der Waals surface area contributed by atoms with E-state index in [9.17, 15) is 9.59 Å². The van der Waals surface area contributed by atoms with Crippen LogP contribution in [0, 0.1) is 0 Å². The summed E-state index contributed by atoms with van der Waals surface area (Å²) in [4.78, 5) is 28.6. The van der Waals surface area contributed by atoms with E-state index >= 15 is 0 Å². The van der Waals surface area contributed by atoms with Crippen LogP contribution < -0.4 is 14.8 Å². The molecule has 1 aliphatic heterocycles. The molecule has 9 heteroatoms. The smallest absolute Gasteiger partial charge is 0.343 e. The van der Waals surface area contributed by atoms with Crippen LogP contribution in [0.5, 0.6) is 11.5 Å². The van der Waals surface area contributed by atoms with Crippen molar-refractivity contribution in [2.24, 2.45) is 4.99 Å². The van der Waals surface area contributed by atoms with Gasteiger partial charge in [-0.2, -0.15) is 0 Å². The van der Waals surface area contributed by atoms with E-state index in [1.165, 1.54) is 18.9 Å². The Morgan fingerprint density at radius 3 is 2.66 bits per heavy atom. The molecule has 0 aromatic heterocycles. The molecule has 0 spiro atoms. The summed E-state index contributed by atoms with van der Waals surface area (Å²) < 4.78 is 16.0. The summed E-state index contributed by atoms with van der Waals surface area (Å²) in [6.07, 6.45) is 1.69. The van der Waals surface area contributed by atoms with Gasteiger partial charge in [-0.25, -0.2) is 9.79 Å². The number of nitrogens with zero attached hydrogens (tertiary/aromatic N) is 1. The maximum absolute atomic E-state index is 12.4. The second-order valence-corrected chi connectivity index (χ2v) is 7.67. The molecule has 1 fully saturated rings. The zero-order chi connectivity index (χ0) is 20.8. The molecule has 7 nitrogen and oxygen atoms in total. The first-order valence-corrected chi connectivity index (χ1v) is 10.0. The summed E-state index contributed by atoms with van der Waals surface area (Å²) in [7, 11) is 2.88. The molecule has 0 unspecified atom stereocenters. The highest BCUT2D eigenvalue weighted by atomic mass is 79.9. The van der Waals surface area contributed by atoms with Gasteiger partial charge in [0.25, 0.3) is 5.91 Å². The highest BCUT2D eigenvalue weighted by molar-refractivity contribution is 9.10. The molecule has 0 aliphatic carbocycles. The van der Waals surface area contributed by atoms with Gasteiger partial charge in [-0.1, -0.05) is 15.9 Å². The van der Waals surface area contributed by atoms with Crippen molar-refractivity contribution >= 4 is 56.5 Å². The molecule has 1 saturated heterocycles. The molecular weight excluding hydrogens is 460 g/mol. The van der Waals surface area contributed by atoms with E-state index in [4.69, 9.17) is 9.47 Å². The molecule has 29 heavy (non-hydrogen) atoms. The predicted octanol–water partition coefficient (Wildman–Crippen LogP) is 3.90. The lowest BCUT2D eigenvalue weighted by Gasteiger charge is -2.09. The second-order valence-electron chi connectivity index (χ2n) is 5.73. The molecular formula is C20H17BrN2O5S. The number of halogens is 1. The van der Waals surface area contributed by atoms with Gasteiger partial charge in [0.15, 0.2) is 11.8 Å². The number of aliphatic imine (C=N–C) groups is 1. The van der Waals surface area contributed by atoms with E-state index in [0.29, 0.717) is 27.1 Å². The number of rotatable bonds is 6. The molecule has 2 aromatic carbocycles. The van der Waals surface area contributed by atoms with Gasteiger partial charge >= 0.3 is 5.97 Å². The van der Waals surface area contributed by atoms with E-state index in [2.05, 4.69) is 31.0 Å². The average molecular weight is 477 g/mol. The third-order valence-corrected chi connectivity index (χ3v) is 5.19. The number of thioether (sulfide) groups is 1. The van der Waals surface area contributed by atoms with Crippen LogP contribution in [-0.4, -0.2) is 37.9 Å². The number of carbonyl (C=O) groups is 2. The minimum Gasteiger partial charge on any atom is -0.497 e. The normalized spacial score (nSPS) is 16.0. The van der Waals surface area contributed by atoms with Crippen molar-refractivity contribution in [3.05, 3.63) is 57.4 Å². The summed E-state index contributed by atoms with van der Waals surface area (Å²) in [6, 6.07) is 12.5. The number of carbonyl (C=O) groups excluding carboxylic acids is 2. The van der Waals surface area contributed by atoms with Gasteiger partial charge in [-0.3, -0.25) is 4.79 Å². The lowest BCUT2D eigenvalue weighted by molar-refractivity contribution is -0.142. The van der Waals surface area contributed by atoms with E-state index in [0.717, 1.165) is 10.2 Å². The van der Waals surface area contributed by atoms with Gasteiger partial charge in [0.05, 0.1) is 24.8 Å². The molecule has 2 aromatic rings. The number of benzene rings is 2. The van der Waals surface area contributed by atoms with Crippen LogP contribution in [0.15, 0.2) is 56.8 Å². The monoisotopic (exact) mass is 476 g/mol. The molecule has 1 aliphatic rings. The van der Waals surface area contributed by atoms with Crippen LogP contribution in [0.25, 0.3) is 6.08 Å². The molecule has 0 bridgehead atoms. The zero-order valence-corrected chi connectivity index (χ0v) is 18.0. The largest absolute Gasteiger partial charge is 0.497 e. The Labute approximate surface area is 180 Å². The van der Waals surface area contributed by atoms with E-state index < -0.39 is 5.97 Å². The topological polar surface area (TPSA) is 86.2 Å². The molecule has 1 amide bonds. The first-order chi connectivity index (χ1) is 14.0. The van der Waals surface area contributed by atoms with Crippen LogP contribution in [0.1, 0.15) is 5.56 Å². The number of methoxy groups -OCH3 is 2. The summed E-state index contributed by atoms with van der Waals surface area (Å²) in [5, 5.41) is 3.21. The average Bonchev–Trinajstić information content (AvgIpc) is 3.06. The zero-order valence-electron chi connectivity index (χ0n) is 15.6. The van der Waals surface area contributed by atoms with Gasteiger partial charge < -0.3 is 19.5 Å². The summed E-state index contributed by atoms with van der Waals surface area (Å²) in [6.45, 7) is -0.224. The van der Waals surface area contributed by atoms with Crippen LogP contribution in [0.2, 0.25) is 0 Å². The SMILES string of the molecule is COC(=O)COc1ccc(Br)cc1/C=C1/SC(=Nc2ccc(OC)cc2)NC1=O. The number of ether oxygens (including phenoxy) is 3. The standard InChI is InChI=1S/C20H17BrN2O5S/c1-26-15-6-4-14(5-7-15)22-20-23-19(25)17(29-20)10-12-9-13(21)3-8-16(12)28-11-18(24)27-2/h3-10H,11H2,1-2H3,(H,22,23,25)/b17-10+. The first kappa shape index (κ1) is 20.9. The second kappa shape index (κ2) is 9.62. The summed E-state index contributed by atoms with van der Waals surface area (Å²) >= 11 is 4.62. The Bertz CT molecular complexity index is 989. The number of nitrogens with one attached hydrogen (secondary N) is 1. The fraction of sp³-hybridized carbons (Fsp3) is 0.150. The van der Waals surface area contributed by atoms with Crippen molar-refractivity contribution in [3.63, 3.8) is 0 Å². The van der Waals surface area contributed by atoms with E-state index in [1.54, 1.807) is 55.7 Å². The van der Waals surface area contributed by atoms with E-state index in [1.807, 2.05) is 0 Å². The molecule has 150 valence electrons. The Balaban J connectivity index is 1.81. The Hall–Kier alpha value is -2.78. The van der Waals surface area contributed by atoms with Gasteiger partial charge in [0.2, 0.25) is 0 Å². The molecule has 3 rings (SSSR count). The van der Waals surface area contributed by atoms with E-state index in [-0.39, 0.29) is 12.5 Å². The molecule has 1 N–H and O–H groups in total. The highest BCUT2D eigenvalue weighted by Gasteiger charge is 2.24. The predicted molar refractivity (Wildman–Crippen MR) is 115 cm³/mol. The molecule has 0 atom stereocenters. The van der Waals surface area contributed by atoms with Crippen LogP contribution in [0.3, 0.4) is 0 Å². The number of hydrogen-bond donors (Lipinski definition) is 1. The summed E-state index contributed by atoms with van der Waals surface area (Å²) in [5.74, 6) is 0.432. The molecule has 1 heterocycles. The first-order valence-electron chi connectivity index (χ1n) is 8.41. The number of hydrogen-bond acceptors (Lipinski definition) is 7. The van der Waals surface area contributed by atoms with Crippen molar-refractivity contribution < 1.29 is 23.8 Å². The number of amides is 1. The van der Waals surface area contributed by atoms with Crippen LogP contribution in [0.4, 0.5) is 5.69 Å². The van der Waals surface area contributed by atoms with Gasteiger partial charge in [-0.05, 0) is 60.3 Å². The van der Waals surface area contributed by atoms with Crippen molar-refractivity contribution in [1.82, 2.24) is 5.32 Å². The van der Waals surface area contributed by atoms with Gasteiger partial charge in [-0.15, -0.1) is 0 Å². The van der Waals surface area contributed by atoms with Crippen molar-refractivity contribution in [2.45, 2.75) is 0 Å². The van der Waals surface area contributed by atoms with Gasteiger partial charge in [0.1, 0.15) is 11.5 Å². The lowest BCUT2D eigenvalue weighted by atomic mass is 10.2. The maximum Gasteiger partial charge on any atom is 0.343 e. The van der Waals surface area contributed by atoms with Crippen LogP contribution >= 0.6 is 27.7 Å². The summed E-state index contributed by atoms with van der Waals surface area (Å²) in [5.41, 5.74) is 1.34. The van der Waals surface area contributed by atoms with Crippen LogP contribution in [-0.2, 0) is 14.3 Å². The fourth-order valence-electron chi connectivity index (χ4n) is 2.35. The molecule has 0 saturated carbocycles. The lowest BCUT2D eigenvalue weighted by Crippen LogP contribution is -2.19. The van der Waals surface area contributed by atoms with Crippen molar-refractivity contribution in [3.8, 4) is 11.5 Å². The fourth-order valence-corrected chi connectivity index (χ4v) is 3.57.